The van der Waals surface area contributed by atoms with Crippen LogP contribution in [0.1, 0.15) is 5.56 Å². The summed E-state index contributed by atoms with van der Waals surface area (Å²) in [7, 11) is 0. The van der Waals surface area contributed by atoms with Gasteiger partial charge in [0.15, 0.2) is 0 Å². The van der Waals surface area contributed by atoms with Gasteiger partial charge in [0.2, 0.25) is 0 Å². The van der Waals surface area contributed by atoms with E-state index in [1.807, 2.05) is 0 Å². The molecule has 3 aromatic rings. The van der Waals surface area contributed by atoms with Crippen molar-refractivity contribution in [3.8, 4) is 22.3 Å². The molecule has 0 unspecified atom stereocenters. The molecule has 0 saturated carbocycles. The lowest BCUT2D eigenvalue weighted by atomic mass is 9.95. The Morgan fingerprint density at radius 2 is 1.55 bits per heavy atom. The second-order valence-electron chi connectivity index (χ2n) is 4.85. The quantitative estimate of drug-likeness (QED) is 0.647. The maximum atomic E-state index is 13.7. The van der Waals surface area contributed by atoms with Crippen molar-refractivity contribution in [3.63, 3.8) is 0 Å². The number of aromatic nitrogens is 1. The third kappa shape index (κ3) is 2.60. The van der Waals surface area contributed by atoms with Gasteiger partial charge in [-0.15, -0.1) is 0 Å². The molecule has 0 amide bonds. The van der Waals surface area contributed by atoms with Gasteiger partial charge in [-0.1, -0.05) is 12.1 Å². The van der Waals surface area contributed by atoms with Gasteiger partial charge >= 0.3 is 0 Å². The van der Waals surface area contributed by atoms with E-state index < -0.39 is 11.6 Å². The molecule has 0 bridgehead atoms. The van der Waals surface area contributed by atoms with Crippen LogP contribution in [0.15, 0.2) is 54.9 Å². The molecule has 109 valence electrons. The minimum atomic E-state index is -0.732. The average Bonchev–Trinajstić information content (AvgIpc) is 2.52. The van der Waals surface area contributed by atoms with E-state index in [-0.39, 0.29) is 11.4 Å². The third-order valence-electron chi connectivity index (χ3n) is 3.41. The van der Waals surface area contributed by atoms with Gasteiger partial charge in [-0.05, 0) is 53.9 Å². The summed E-state index contributed by atoms with van der Waals surface area (Å²) in [6.45, 7) is 3.33. The maximum Gasteiger partial charge on any atom is 0.129 e. The minimum absolute atomic E-state index is 0.278. The first kappa shape index (κ1) is 14.3. The van der Waals surface area contributed by atoms with Gasteiger partial charge in [-0.25, -0.2) is 13.2 Å². The second-order valence-corrected chi connectivity index (χ2v) is 4.85. The largest absolute Gasteiger partial charge is 0.264 e. The Labute approximate surface area is 126 Å². The Morgan fingerprint density at radius 3 is 2.23 bits per heavy atom. The number of nitrogens with zero attached hydrogens (tertiary/aromatic N) is 1. The number of rotatable bonds is 2. The Balaban J connectivity index is 2.21. The summed E-state index contributed by atoms with van der Waals surface area (Å²) in [5.74, 6) is -1.85. The van der Waals surface area contributed by atoms with Crippen LogP contribution in [0.5, 0.6) is 0 Å². The number of pyridine rings is 1. The summed E-state index contributed by atoms with van der Waals surface area (Å²) in [6, 6.07) is 10.1. The highest BCUT2D eigenvalue weighted by atomic mass is 19.1. The van der Waals surface area contributed by atoms with E-state index in [9.17, 15) is 13.2 Å². The fraction of sp³-hybridized carbons (Fsp3) is 0. The zero-order chi connectivity index (χ0) is 15.7. The van der Waals surface area contributed by atoms with Crippen LogP contribution >= 0.6 is 0 Å². The molecule has 22 heavy (non-hydrogen) atoms. The fourth-order valence-electron chi connectivity index (χ4n) is 2.29. The highest BCUT2D eigenvalue weighted by Crippen LogP contribution is 2.33. The number of hydrogen-bond acceptors (Lipinski definition) is 1. The summed E-state index contributed by atoms with van der Waals surface area (Å²) in [4.78, 5) is 4.00. The normalized spacial score (nSPS) is 10.7. The molecule has 0 N–H and O–H groups in total. The Morgan fingerprint density at radius 1 is 0.818 bits per heavy atom. The fourth-order valence-corrected chi connectivity index (χ4v) is 2.29. The van der Waals surface area contributed by atoms with Gasteiger partial charge < -0.3 is 0 Å². The van der Waals surface area contributed by atoms with Crippen LogP contribution in [0.25, 0.3) is 22.3 Å². The summed E-state index contributed by atoms with van der Waals surface area (Å²) in [5, 5.41) is 0. The first-order valence-electron chi connectivity index (χ1n) is 6.57. The summed E-state index contributed by atoms with van der Waals surface area (Å²) in [6.07, 6.45) is 3.05. The van der Waals surface area contributed by atoms with E-state index in [4.69, 9.17) is 0 Å². The molecular weight excluding hydrogens is 287 g/mol. The number of hydrogen-bond donors (Lipinski definition) is 0. The van der Waals surface area contributed by atoms with Crippen molar-refractivity contribution in [1.29, 1.82) is 0 Å². The topological polar surface area (TPSA) is 12.9 Å². The molecule has 3 rings (SSSR count). The average molecular weight is 298 g/mol. The molecule has 1 heterocycles. The first-order valence-corrected chi connectivity index (χ1v) is 6.57. The van der Waals surface area contributed by atoms with Crippen LogP contribution in [0.3, 0.4) is 0 Å². The Kier molecular flexibility index (Phi) is 3.67. The molecule has 0 aliphatic rings. The molecule has 1 radical (unpaired) electrons. The van der Waals surface area contributed by atoms with Gasteiger partial charge in [-0.3, -0.25) is 4.98 Å². The van der Waals surface area contributed by atoms with Crippen molar-refractivity contribution in [2.45, 2.75) is 0 Å². The maximum absolute atomic E-state index is 13.7. The molecule has 1 aromatic heterocycles. The van der Waals surface area contributed by atoms with Crippen LogP contribution in [0.2, 0.25) is 0 Å². The van der Waals surface area contributed by atoms with Crippen molar-refractivity contribution in [2.75, 3.05) is 0 Å². The van der Waals surface area contributed by atoms with Crippen LogP contribution in [0.4, 0.5) is 13.2 Å². The van der Waals surface area contributed by atoms with Gasteiger partial charge in [0.25, 0.3) is 0 Å². The molecular formula is C18H11F3N. The first-order chi connectivity index (χ1) is 10.6. The summed E-state index contributed by atoms with van der Waals surface area (Å²) < 4.78 is 40.9. The van der Waals surface area contributed by atoms with Crippen LogP contribution in [-0.2, 0) is 0 Å². The van der Waals surface area contributed by atoms with E-state index in [1.165, 1.54) is 30.5 Å². The Bertz CT molecular complexity index is 820. The monoisotopic (exact) mass is 298 g/mol. The molecule has 2 aromatic carbocycles. The van der Waals surface area contributed by atoms with Crippen LogP contribution in [-0.4, -0.2) is 4.98 Å². The molecule has 0 spiro atoms. The van der Waals surface area contributed by atoms with Crippen LogP contribution in [0, 0.1) is 24.4 Å². The van der Waals surface area contributed by atoms with Crippen molar-refractivity contribution in [2.24, 2.45) is 0 Å². The molecule has 0 aliphatic carbocycles. The lowest BCUT2D eigenvalue weighted by Crippen LogP contribution is -1.93. The summed E-state index contributed by atoms with van der Waals surface area (Å²) in [5.41, 5.74) is 1.82. The SMILES string of the molecule is [CH2]c1c(F)cc(-c2cnccc2-c2cccc(F)c2)cc1F. The molecule has 0 saturated heterocycles. The van der Waals surface area contributed by atoms with E-state index in [0.717, 1.165) is 0 Å². The zero-order valence-corrected chi connectivity index (χ0v) is 11.5. The van der Waals surface area contributed by atoms with Crippen molar-refractivity contribution in [1.82, 2.24) is 4.98 Å². The predicted octanol–water partition coefficient (Wildman–Crippen LogP) is 5.02. The van der Waals surface area contributed by atoms with Crippen molar-refractivity contribution in [3.05, 3.63) is 84.8 Å². The highest BCUT2D eigenvalue weighted by molar-refractivity contribution is 5.82. The van der Waals surface area contributed by atoms with E-state index in [0.29, 0.717) is 22.3 Å². The lowest BCUT2D eigenvalue weighted by molar-refractivity contribution is 0.576. The van der Waals surface area contributed by atoms with Crippen molar-refractivity contribution < 1.29 is 13.2 Å². The van der Waals surface area contributed by atoms with Gasteiger partial charge in [0, 0.05) is 23.5 Å². The van der Waals surface area contributed by atoms with Gasteiger partial charge in [0.1, 0.15) is 17.5 Å². The smallest absolute Gasteiger partial charge is 0.129 e. The van der Waals surface area contributed by atoms with E-state index in [1.54, 1.807) is 24.4 Å². The van der Waals surface area contributed by atoms with Crippen molar-refractivity contribution >= 4 is 0 Å². The third-order valence-corrected chi connectivity index (χ3v) is 3.41. The van der Waals surface area contributed by atoms with Gasteiger partial charge in [0.05, 0.1) is 0 Å². The van der Waals surface area contributed by atoms with E-state index in [2.05, 4.69) is 11.9 Å². The molecule has 4 heteroatoms. The standard InChI is InChI=1S/C18H11F3N/c1-11-17(20)8-13(9-18(11)21)16-10-22-6-5-15(16)12-3-2-4-14(19)7-12/h2-10H,1H2. The minimum Gasteiger partial charge on any atom is -0.264 e. The molecule has 1 nitrogen and oxygen atoms in total. The molecule has 0 fully saturated rings. The van der Waals surface area contributed by atoms with E-state index >= 15 is 0 Å². The number of benzene rings is 2. The highest BCUT2D eigenvalue weighted by Gasteiger charge is 2.13. The number of halogens is 3. The Hall–Kier alpha value is -2.62. The summed E-state index contributed by atoms with van der Waals surface area (Å²) >= 11 is 0. The molecule has 0 atom stereocenters. The predicted molar refractivity (Wildman–Crippen MR) is 79.4 cm³/mol. The van der Waals surface area contributed by atoms with Crippen LogP contribution < -0.4 is 0 Å². The van der Waals surface area contributed by atoms with Gasteiger partial charge in [-0.2, -0.15) is 0 Å². The molecule has 0 aliphatic heterocycles. The second kappa shape index (κ2) is 5.64. The zero-order valence-electron chi connectivity index (χ0n) is 11.5. The lowest BCUT2D eigenvalue weighted by Gasteiger charge is -2.11.